The molecule has 0 aromatic heterocycles. The standard InChI is InChI=1S/C12H21N3O2S/c1-7(2)14-9(16)8(3)15-11(17)12(10(13)18)5-4-6-12/h7-8H,4-6H2,1-3H3,(H2,13,18)(H,14,16)(H,15,17). The van der Waals surface area contributed by atoms with Gasteiger partial charge in [-0.25, -0.2) is 0 Å². The first-order valence-corrected chi connectivity index (χ1v) is 6.61. The molecular formula is C12H21N3O2S. The Labute approximate surface area is 113 Å². The largest absolute Gasteiger partial charge is 0.392 e. The number of carbonyl (C=O) groups excluding carboxylic acids is 2. The molecule has 5 nitrogen and oxygen atoms in total. The molecule has 0 spiro atoms. The molecule has 102 valence electrons. The molecule has 4 N–H and O–H groups in total. The Bertz CT molecular complexity index is 364. The third-order valence-corrected chi connectivity index (χ3v) is 3.68. The van der Waals surface area contributed by atoms with Gasteiger partial charge in [0, 0.05) is 6.04 Å². The van der Waals surface area contributed by atoms with E-state index in [4.69, 9.17) is 18.0 Å². The fourth-order valence-electron chi connectivity index (χ4n) is 1.93. The zero-order valence-corrected chi connectivity index (χ0v) is 11.9. The quantitative estimate of drug-likeness (QED) is 0.635. The van der Waals surface area contributed by atoms with Crippen molar-refractivity contribution in [3.05, 3.63) is 0 Å². The van der Waals surface area contributed by atoms with Crippen molar-refractivity contribution >= 4 is 29.0 Å². The highest BCUT2D eigenvalue weighted by atomic mass is 32.1. The monoisotopic (exact) mass is 271 g/mol. The van der Waals surface area contributed by atoms with Gasteiger partial charge in [0.15, 0.2) is 0 Å². The number of nitrogens with one attached hydrogen (secondary N) is 2. The molecule has 1 aliphatic rings. The lowest BCUT2D eigenvalue weighted by molar-refractivity contribution is -0.135. The van der Waals surface area contributed by atoms with Crippen LogP contribution in [0.4, 0.5) is 0 Å². The van der Waals surface area contributed by atoms with Crippen LogP contribution >= 0.6 is 12.2 Å². The summed E-state index contributed by atoms with van der Waals surface area (Å²) in [5.74, 6) is -0.427. The summed E-state index contributed by atoms with van der Waals surface area (Å²) in [5, 5.41) is 5.44. The van der Waals surface area contributed by atoms with E-state index in [1.165, 1.54) is 0 Å². The van der Waals surface area contributed by atoms with E-state index in [0.717, 1.165) is 6.42 Å². The maximum absolute atomic E-state index is 12.1. The van der Waals surface area contributed by atoms with E-state index in [1.54, 1.807) is 6.92 Å². The van der Waals surface area contributed by atoms with E-state index >= 15 is 0 Å². The SMILES string of the molecule is CC(C)NC(=O)C(C)NC(=O)C1(C(N)=S)CCC1. The van der Waals surface area contributed by atoms with Crippen molar-refractivity contribution < 1.29 is 9.59 Å². The summed E-state index contributed by atoms with van der Waals surface area (Å²) < 4.78 is 0. The Kier molecular flexibility index (Phi) is 4.67. The molecule has 2 amide bonds. The highest BCUT2D eigenvalue weighted by Crippen LogP contribution is 2.41. The Hall–Kier alpha value is -1.17. The Morgan fingerprint density at radius 1 is 1.22 bits per heavy atom. The van der Waals surface area contributed by atoms with Crippen molar-refractivity contribution in [1.29, 1.82) is 0 Å². The lowest BCUT2D eigenvalue weighted by Crippen LogP contribution is -2.57. The molecule has 1 atom stereocenters. The van der Waals surface area contributed by atoms with Crippen molar-refractivity contribution in [2.75, 3.05) is 0 Å². The number of hydrogen-bond acceptors (Lipinski definition) is 3. The number of hydrogen-bond donors (Lipinski definition) is 3. The molecule has 1 rings (SSSR count). The van der Waals surface area contributed by atoms with Crippen LogP contribution in [0.5, 0.6) is 0 Å². The molecule has 1 unspecified atom stereocenters. The van der Waals surface area contributed by atoms with Gasteiger partial charge < -0.3 is 16.4 Å². The zero-order valence-electron chi connectivity index (χ0n) is 11.1. The van der Waals surface area contributed by atoms with Crippen LogP contribution in [-0.4, -0.2) is 28.9 Å². The third kappa shape index (κ3) is 2.98. The molecule has 0 heterocycles. The van der Waals surface area contributed by atoms with Gasteiger partial charge in [0.2, 0.25) is 11.8 Å². The predicted molar refractivity (Wildman–Crippen MR) is 74.0 cm³/mol. The van der Waals surface area contributed by atoms with Gasteiger partial charge in [-0.05, 0) is 33.6 Å². The van der Waals surface area contributed by atoms with Gasteiger partial charge in [0.05, 0.1) is 10.4 Å². The minimum Gasteiger partial charge on any atom is -0.392 e. The van der Waals surface area contributed by atoms with Gasteiger partial charge in [0.1, 0.15) is 6.04 Å². The topological polar surface area (TPSA) is 84.2 Å². The van der Waals surface area contributed by atoms with Gasteiger partial charge in [-0.3, -0.25) is 9.59 Å². The summed E-state index contributed by atoms with van der Waals surface area (Å²) >= 11 is 4.96. The fourth-order valence-corrected chi connectivity index (χ4v) is 2.22. The van der Waals surface area contributed by atoms with E-state index < -0.39 is 11.5 Å². The van der Waals surface area contributed by atoms with E-state index in [-0.39, 0.29) is 22.8 Å². The summed E-state index contributed by atoms with van der Waals surface area (Å²) in [5.41, 5.74) is 4.90. The summed E-state index contributed by atoms with van der Waals surface area (Å²) in [7, 11) is 0. The average molecular weight is 271 g/mol. The molecular weight excluding hydrogens is 250 g/mol. The highest BCUT2D eigenvalue weighted by Gasteiger charge is 2.47. The molecule has 1 fully saturated rings. The van der Waals surface area contributed by atoms with Crippen molar-refractivity contribution in [3.63, 3.8) is 0 Å². The van der Waals surface area contributed by atoms with Crippen molar-refractivity contribution in [2.24, 2.45) is 11.1 Å². The predicted octanol–water partition coefficient (Wildman–Crippen LogP) is 0.472. The van der Waals surface area contributed by atoms with E-state index in [9.17, 15) is 9.59 Å². The van der Waals surface area contributed by atoms with Crippen molar-refractivity contribution in [3.8, 4) is 0 Å². The second-order valence-corrected chi connectivity index (χ2v) is 5.60. The first-order chi connectivity index (χ1) is 8.29. The molecule has 6 heteroatoms. The molecule has 1 aliphatic carbocycles. The normalized spacial score (nSPS) is 18.7. The highest BCUT2D eigenvalue weighted by molar-refractivity contribution is 7.80. The third-order valence-electron chi connectivity index (χ3n) is 3.29. The summed E-state index contributed by atoms with van der Waals surface area (Å²) in [6.07, 6.45) is 2.29. The number of thiocarbonyl (C=S) groups is 1. The maximum atomic E-state index is 12.1. The van der Waals surface area contributed by atoms with Gasteiger partial charge in [-0.15, -0.1) is 0 Å². The number of amides is 2. The fraction of sp³-hybridized carbons (Fsp3) is 0.750. The van der Waals surface area contributed by atoms with E-state index in [1.807, 2.05) is 13.8 Å². The van der Waals surface area contributed by atoms with Crippen LogP contribution in [0.25, 0.3) is 0 Å². The van der Waals surface area contributed by atoms with Crippen LogP contribution < -0.4 is 16.4 Å². The van der Waals surface area contributed by atoms with Crippen LogP contribution in [0, 0.1) is 5.41 Å². The zero-order chi connectivity index (χ0) is 13.9. The Balaban J connectivity index is 2.59. The van der Waals surface area contributed by atoms with Crippen molar-refractivity contribution in [2.45, 2.75) is 52.1 Å². The molecule has 18 heavy (non-hydrogen) atoms. The smallest absolute Gasteiger partial charge is 0.242 e. The maximum Gasteiger partial charge on any atom is 0.242 e. The molecule has 1 saturated carbocycles. The Morgan fingerprint density at radius 2 is 1.78 bits per heavy atom. The average Bonchev–Trinajstić information content (AvgIpc) is 2.13. The molecule has 0 aromatic carbocycles. The molecule has 0 saturated heterocycles. The van der Waals surface area contributed by atoms with Crippen molar-refractivity contribution in [1.82, 2.24) is 10.6 Å². The number of nitrogens with two attached hydrogens (primary N) is 1. The first kappa shape index (κ1) is 14.9. The van der Waals surface area contributed by atoms with Gasteiger partial charge >= 0.3 is 0 Å². The van der Waals surface area contributed by atoms with Crippen LogP contribution in [0.15, 0.2) is 0 Å². The summed E-state index contributed by atoms with van der Waals surface area (Å²) in [6, 6.07) is -0.531. The van der Waals surface area contributed by atoms with Gasteiger partial charge in [-0.2, -0.15) is 0 Å². The van der Waals surface area contributed by atoms with E-state index in [0.29, 0.717) is 12.8 Å². The molecule has 0 aliphatic heterocycles. The number of carbonyl (C=O) groups is 2. The van der Waals surface area contributed by atoms with Crippen LogP contribution in [0.2, 0.25) is 0 Å². The van der Waals surface area contributed by atoms with Crippen LogP contribution in [0.1, 0.15) is 40.0 Å². The Morgan fingerprint density at radius 3 is 2.11 bits per heavy atom. The molecule has 0 radical (unpaired) electrons. The number of rotatable bonds is 5. The summed E-state index contributed by atoms with van der Waals surface area (Å²) in [4.78, 5) is 24.1. The minimum atomic E-state index is -0.734. The second-order valence-electron chi connectivity index (χ2n) is 5.16. The summed E-state index contributed by atoms with van der Waals surface area (Å²) in [6.45, 7) is 5.39. The van der Waals surface area contributed by atoms with Crippen LogP contribution in [-0.2, 0) is 9.59 Å². The lowest BCUT2D eigenvalue weighted by atomic mass is 9.68. The molecule has 0 aromatic rings. The molecule has 0 bridgehead atoms. The minimum absolute atomic E-state index is 0.0464. The van der Waals surface area contributed by atoms with Crippen LogP contribution in [0.3, 0.4) is 0 Å². The lowest BCUT2D eigenvalue weighted by Gasteiger charge is -2.39. The van der Waals surface area contributed by atoms with Gasteiger partial charge in [-0.1, -0.05) is 18.6 Å². The van der Waals surface area contributed by atoms with E-state index in [2.05, 4.69) is 10.6 Å². The first-order valence-electron chi connectivity index (χ1n) is 6.21. The second kappa shape index (κ2) is 5.65. The van der Waals surface area contributed by atoms with Gasteiger partial charge in [0.25, 0.3) is 0 Å².